The summed E-state index contributed by atoms with van der Waals surface area (Å²) in [7, 11) is 0. The molecule has 1 fully saturated rings. The lowest BCUT2D eigenvalue weighted by atomic mass is 10.3. The number of imidazole rings is 1. The summed E-state index contributed by atoms with van der Waals surface area (Å²) in [6, 6.07) is 0. The number of hydrogen-bond acceptors (Lipinski definition) is 4. The van der Waals surface area contributed by atoms with Crippen LogP contribution in [0, 0.1) is 0 Å². The van der Waals surface area contributed by atoms with Crippen molar-refractivity contribution < 1.29 is 19.4 Å². The average molecular weight is 198 g/mol. The fraction of sp³-hybridized carbons (Fsp3) is 0.500. The van der Waals surface area contributed by atoms with Crippen LogP contribution >= 0.6 is 0 Å². The number of ether oxygens (including phenoxy) is 2. The maximum absolute atomic E-state index is 10.5. The van der Waals surface area contributed by atoms with E-state index in [-0.39, 0.29) is 12.8 Å². The van der Waals surface area contributed by atoms with Crippen molar-refractivity contribution in [1.29, 1.82) is 0 Å². The third-order valence-corrected chi connectivity index (χ3v) is 1.96. The monoisotopic (exact) mass is 198 g/mol. The first-order valence-electron chi connectivity index (χ1n) is 4.21. The number of aliphatic carboxylic acids is 1. The fourth-order valence-electron chi connectivity index (χ4n) is 1.25. The van der Waals surface area contributed by atoms with Gasteiger partial charge in [-0.05, 0) is 0 Å². The SMILES string of the molecule is O=C(O)Cn1ccnc1CC1OCO1. The van der Waals surface area contributed by atoms with Gasteiger partial charge in [0.2, 0.25) is 0 Å². The van der Waals surface area contributed by atoms with Crippen molar-refractivity contribution in [2.75, 3.05) is 6.79 Å². The van der Waals surface area contributed by atoms with E-state index in [1.165, 1.54) is 0 Å². The van der Waals surface area contributed by atoms with Gasteiger partial charge >= 0.3 is 5.97 Å². The van der Waals surface area contributed by atoms with Crippen molar-refractivity contribution in [1.82, 2.24) is 9.55 Å². The number of carbonyl (C=O) groups is 1. The Hall–Kier alpha value is -1.40. The maximum Gasteiger partial charge on any atom is 0.323 e. The first kappa shape index (κ1) is 9.17. The molecule has 0 atom stereocenters. The zero-order chi connectivity index (χ0) is 9.97. The molecule has 6 nitrogen and oxygen atoms in total. The predicted molar refractivity (Wildman–Crippen MR) is 44.4 cm³/mol. The number of rotatable bonds is 4. The fourth-order valence-corrected chi connectivity index (χ4v) is 1.25. The Morgan fingerprint density at radius 3 is 3.07 bits per heavy atom. The molecule has 0 aromatic carbocycles. The molecule has 0 unspecified atom stereocenters. The van der Waals surface area contributed by atoms with Crippen LogP contribution in [0.1, 0.15) is 5.82 Å². The number of hydrogen-bond donors (Lipinski definition) is 1. The van der Waals surface area contributed by atoms with Gasteiger partial charge in [0, 0.05) is 12.4 Å². The summed E-state index contributed by atoms with van der Waals surface area (Å²) >= 11 is 0. The van der Waals surface area contributed by atoms with Crippen molar-refractivity contribution in [3.8, 4) is 0 Å². The molecule has 2 heterocycles. The molecule has 0 amide bonds. The molecule has 0 aliphatic carbocycles. The average Bonchev–Trinajstić information content (AvgIpc) is 2.44. The van der Waals surface area contributed by atoms with E-state index in [1.807, 2.05) is 0 Å². The summed E-state index contributed by atoms with van der Waals surface area (Å²) < 4.78 is 11.6. The minimum atomic E-state index is -0.889. The molecule has 76 valence electrons. The highest BCUT2D eigenvalue weighted by atomic mass is 16.8. The molecule has 1 saturated heterocycles. The van der Waals surface area contributed by atoms with Gasteiger partial charge in [-0.2, -0.15) is 0 Å². The second-order valence-electron chi connectivity index (χ2n) is 2.95. The first-order chi connectivity index (χ1) is 6.75. The van der Waals surface area contributed by atoms with Gasteiger partial charge in [0.1, 0.15) is 12.4 Å². The molecule has 2 rings (SSSR count). The molecule has 1 aliphatic rings. The van der Waals surface area contributed by atoms with E-state index in [0.29, 0.717) is 19.0 Å². The second kappa shape index (κ2) is 3.77. The molecule has 1 aliphatic heterocycles. The van der Waals surface area contributed by atoms with Gasteiger partial charge in [-0.3, -0.25) is 4.79 Å². The van der Waals surface area contributed by atoms with Gasteiger partial charge in [-0.25, -0.2) is 4.98 Å². The largest absolute Gasteiger partial charge is 0.480 e. The van der Waals surface area contributed by atoms with Crippen molar-refractivity contribution in [2.45, 2.75) is 19.3 Å². The van der Waals surface area contributed by atoms with E-state index >= 15 is 0 Å². The molecule has 0 bridgehead atoms. The standard InChI is InChI=1S/C8H10N2O4/c11-7(12)4-10-2-1-9-6(10)3-8-13-5-14-8/h1-2,8H,3-5H2,(H,11,12). The zero-order valence-corrected chi connectivity index (χ0v) is 7.42. The number of nitrogens with zero attached hydrogens (tertiary/aromatic N) is 2. The molecule has 1 N–H and O–H groups in total. The van der Waals surface area contributed by atoms with Gasteiger partial charge in [0.15, 0.2) is 13.1 Å². The first-order valence-corrected chi connectivity index (χ1v) is 4.21. The minimum absolute atomic E-state index is 0.0813. The highest BCUT2D eigenvalue weighted by molar-refractivity contribution is 5.66. The lowest BCUT2D eigenvalue weighted by molar-refractivity contribution is -0.319. The van der Waals surface area contributed by atoms with Crippen LogP contribution in [-0.2, 0) is 27.2 Å². The van der Waals surface area contributed by atoms with Crippen LogP contribution in [0.25, 0.3) is 0 Å². The highest BCUT2D eigenvalue weighted by Crippen LogP contribution is 2.12. The lowest BCUT2D eigenvalue weighted by Gasteiger charge is -2.26. The van der Waals surface area contributed by atoms with Crippen LogP contribution < -0.4 is 0 Å². The van der Waals surface area contributed by atoms with Crippen LogP contribution in [0.3, 0.4) is 0 Å². The Morgan fingerprint density at radius 2 is 2.50 bits per heavy atom. The summed E-state index contributed by atoms with van der Waals surface area (Å²) in [6.07, 6.45) is 3.41. The summed E-state index contributed by atoms with van der Waals surface area (Å²) in [5.41, 5.74) is 0. The number of carboxylic acid groups (broad SMARTS) is 1. The van der Waals surface area contributed by atoms with Gasteiger partial charge in [-0.15, -0.1) is 0 Å². The summed E-state index contributed by atoms with van der Waals surface area (Å²) in [4.78, 5) is 14.5. The van der Waals surface area contributed by atoms with E-state index in [9.17, 15) is 4.79 Å². The summed E-state index contributed by atoms with van der Waals surface area (Å²) in [5.74, 6) is -0.225. The van der Waals surface area contributed by atoms with E-state index in [2.05, 4.69) is 4.98 Å². The van der Waals surface area contributed by atoms with Crippen LogP contribution in [-0.4, -0.2) is 33.7 Å². The van der Waals surface area contributed by atoms with Crippen LogP contribution in [0.2, 0.25) is 0 Å². The summed E-state index contributed by atoms with van der Waals surface area (Å²) in [5, 5.41) is 8.60. The van der Waals surface area contributed by atoms with Gasteiger partial charge in [0.25, 0.3) is 0 Å². The Kier molecular flexibility index (Phi) is 2.47. The molecule has 0 radical (unpaired) electrons. The highest BCUT2D eigenvalue weighted by Gasteiger charge is 2.21. The Labute approximate surface area is 80.1 Å². The van der Waals surface area contributed by atoms with Gasteiger partial charge in [0.05, 0.1) is 6.42 Å². The van der Waals surface area contributed by atoms with E-state index in [0.717, 1.165) is 0 Å². The van der Waals surface area contributed by atoms with Crippen molar-refractivity contribution in [3.05, 3.63) is 18.2 Å². The molecule has 14 heavy (non-hydrogen) atoms. The summed E-state index contributed by atoms with van der Waals surface area (Å²) in [6.45, 7) is 0.229. The van der Waals surface area contributed by atoms with Gasteiger partial charge in [-0.1, -0.05) is 0 Å². The predicted octanol–water partition coefficient (Wildman–Crippen LogP) is -0.159. The molecule has 0 saturated carbocycles. The Balaban J connectivity index is 2.00. The Morgan fingerprint density at radius 1 is 1.71 bits per heavy atom. The molecular formula is C8H10N2O4. The smallest absolute Gasteiger partial charge is 0.323 e. The van der Waals surface area contributed by atoms with Crippen LogP contribution in [0.5, 0.6) is 0 Å². The van der Waals surface area contributed by atoms with Crippen LogP contribution in [0.15, 0.2) is 12.4 Å². The van der Waals surface area contributed by atoms with E-state index < -0.39 is 5.97 Å². The second-order valence-corrected chi connectivity index (χ2v) is 2.95. The number of aromatic nitrogens is 2. The van der Waals surface area contributed by atoms with Crippen LogP contribution in [0.4, 0.5) is 0 Å². The third kappa shape index (κ3) is 1.91. The Bertz CT molecular complexity index is 332. The van der Waals surface area contributed by atoms with Crippen molar-refractivity contribution >= 4 is 5.97 Å². The van der Waals surface area contributed by atoms with Crippen molar-refractivity contribution in [3.63, 3.8) is 0 Å². The molecule has 0 spiro atoms. The molecule has 1 aromatic heterocycles. The molecule has 6 heteroatoms. The zero-order valence-electron chi connectivity index (χ0n) is 7.42. The van der Waals surface area contributed by atoms with E-state index in [1.54, 1.807) is 17.0 Å². The quantitative estimate of drug-likeness (QED) is 0.727. The number of carboxylic acids is 1. The normalized spacial score (nSPS) is 16.6. The van der Waals surface area contributed by atoms with E-state index in [4.69, 9.17) is 14.6 Å². The molecular weight excluding hydrogens is 188 g/mol. The topological polar surface area (TPSA) is 73.6 Å². The van der Waals surface area contributed by atoms with Gasteiger partial charge < -0.3 is 19.1 Å². The maximum atomic E-state index is 10.5. The van der Waals surface area contributed by atoms with Crippen molar-refractivity contribution in [2.24, 2.45) is 0 Å². The lowest BCUT2D eigenvalue weighted by Crippen LogP contribution is -2.33. The third-order valence-electron chi connectivity index (χ3n) is 1.96. The minimum Gasteiger partial charge on any atom is -0.480 e. The molecule has 1 aromatic rings.